The first-order valence-corrected chi connectivity index (χ1v) is 14.2. The highest BCUT2D eigenvalue weighted by Gasteiger charge is 2.54. The minimum Gasteiger partial charge on any atom is -0.497 e. The molecule has 6 rings (SSSR count). The minimum absolute atomic E-state index is 0.0119. The van der Waals surface area contributed by atoms with Gasteiger partial charge in [-0.05, 0) is 83.4 Å². The number of aromatic nitrogens is 3. The lowest BCUT2D eigenvalue weighted by Gasteiger charge is -2.54. The van der Waals surface area contributed by atoms with E-state index in [0.717, 1.165) is 42.8 Å². The van der Waals surface area contributed by atoms with Crippen LogP contribution in [0.25, 0.3) is 11.0 Å². The van der Waals surface area contributed by atoms with E-state index in [1.54, 1.807) is 7.11 Å². The maximum Gasteiger partial charge on any atom is 0.275 e. The van der Waals surface area contributed by atoms with Gasteiger partial charge in [-0.2, -0.15) is 0 Å². The number of aryl methyl sites for hydroxylation is 1. The maximum atomic E-state index is 13.7. The Hall–Kier alpha value is -2.99. The lowest BCUT2D eigenvalue weighted by molar-refractivity contribution is 0.0784. The molecule has 37 heavy (non-hydrogen) atoms. The zero-order valence-electron chi connectivity index (χ0n) is 22.4. The lowest BCUT2D eigenvalue weighted by atomic mass is 9.49. The summed E-state index contributed by atoms with van der Waals surface area (Å²) < 4.78 is 7.76. The highest BCUT2D eigenvalue weighted by Crippen LogP contribution is 2.57. The summed E-state index contributed by atoms with van der Waals surface area (Å²) in [6.07, 6.45) is 7.46. The zero-order chi connectivity index (χ0) is 25.9. The van der Waals surface area contributed by atoms with Gasteiger partial charge >= 0.3 is 0 Å². The van der Waals surface area contributed by atoms with Gasteiger partial charge in [0.05, 0.1) is 11.6 Å². The summed E-state index contributed by atoms with van der Waals surface area (Å²) in [5.41, 5.74) is 5.25. The normalized spacial score (nSPS) is 25.9. The predicted molar refractivity (Wildman–Crippen MR) is 150 cm³/mol. The van der Waals surface area contributed by atoms with Crippen molar-refractivity contribution in [1.29, 1.82) is 0 Å². The zero-order valence-corrected chi connectivity index (χ0v) is 23.2. The molecule has 4 aromatic rings. The third kappa shape index (κ3) is 3.75. The molecule has 192 valence electrons. The number of hydrogen-bond acceptors (Lipinski definition) is 5. The van der Waals surface area contributed by atoms with Crippen LogP contribution in [0.1, 0.15) is 87.4 Å². The van der Waals surface area contributed by atoms with E-state index in [4.69, 9.17) is 9.84 Å². The van der Waals surface area contributed by atoms with Crippen LogP contribution in [0.4, 0.5) is 0 Å². The van der Waals surface area contributed by atoms with Crippen LogP contribution in [-0.2, 0) is 17.3 Å². The Kier molecular flexibility index (Phi) is 5.79. The molecule has 3 atom stereocenters. The Morgan fingerprint density at radius 1 is 1.08 bits per heavy atom. The summed E-state index contributed by atoms with van der Waals surface area (Å²) in [4.78, 5) is 14.4. The number of hydrogen-bond donors (Lipinski definition) is 0. The van der Waals surface area contributed by atoms with Crippen LogP contribution >= 0.6 is 11.3 Å². The first kappa shape index (κ1) is 24.4. The average Bonchev–Trinajstić information content (AvgIpc) is 3.44. The second-order valence-electron chi connectivity index (χ2n) is 11.7. The molecule has 0 spiro atoms. The molecule has 0 amide bonds. The van der Waals surface area contributed by atoms with Crippen molar-refractivity contribution in [2.45, 2.75) is 76.5 Å². The number of methoxy groups -OCH3 is 1. The molecule has 0 aliphatic heterocycles. The fraction of sp³-hybridized carbons (Fsp3) is 0.452. The van der Waals surface area contributed by atoms with Crippen molar-refractivity contribution in [3.63, 3.8) is 0 Å². The fourth-order valence-electron chi connectivity index (χ4n) is 7.22. The topological polar surface area (TPSA) is 56.5 Å². The Labute approximate surface area is 222 Å². The van der Waals surface area contributed by atoms with E-state index in [9.17, 15) is 4.79 Å². The summed E-state index contributed by atoms with van der Waals surface area (Å²) in [5, 5.41) is 9.21. The molecule has 0 bridgehead atoms. The summed E-state index contributed by atoms with van der Waals surface area (Å²) in [5.74, 6) is 2.59. The third-order valence-electron chi connectivity index (χ3n) is 9.22. The predicted octanol–water partition coefficient (Wildman–Crippen LogP) is 5.79. The molecule has 1 saturated carbocycles. The molecule has 0 radical (unpaired) electrons. The van der Waals surface area contributed by atoms with Crippen LogP contribution < -0.4 is 14.8 Å². The molecule has 6 heteroatoms. The fourth-order valence-corrected chi connectivity index (χ4v) is 8.13. The number of rotatable bonds is 4. The van der Waals surface area contributed by atoms with Crippen LogP contribution in [0.5, 0.6) is 5.75 Å². The van der Waals surface area contributed by atoms with E-state index < -0.39 is 0 Å². The van der Waals surface area contributed by atoms with Crippen molar-refractivity contribution >= 4 is 22.4 Å². The van der Waals surface area contributed by atoms with Crippen LogP contribution in [0, 0.1) is 5.92 Å². The number of thiazole rings is 1. The Morgan fingerprint density at radius 2 is 1.84 bits per heavy atom. The molecular formula is C31H35N3O2S. The van der Waals surface area contributed by atoms with Gasteiger partial charge in [-0.1, -0.05) is 75.8 Å². The van der Waals surface area contributed by atoms with Gasteiger partial charge in [0, 0.05) is 5.41 Å². The van der Waals surface area contributed by atoms with Crippen LogP contribution in [0.2, 0.25) is 0 Å². The third-order valence-corrected chi connectivity index (χ3v) is 10.2. The van der Waals surface area contributed by atoms with E-state index in [0.29, 0.717) is 21.3 Å². The molecule has 5 nitrogen and oxygen atoms in total. The largest absolute Gasteiger partial charge is 0.497 e. The SMILES string of the molecule is COc1ccc(/C=c2\sc3nnc([C@]4(C)CCC[C@]5(C)c6ccc(C(C)C)cc6CC[C@@H]45)n3c2=O)cc1. The van der Waals surface area contributed by atoms with E-state index >= 15 is 0 Å². The maximum absolute atomic E-state index is 13.7. The highest BCUT2D eigenvalue weighted by molar-refractivity contribution is 7.15. The van der Waals surface area contributed by atoms with E-state index in [-0.39, 0.29) is 16.4 Å². The number of fused-ring (bicyclic) bond motifs is 4. The molecule has 2 aliphatic rings. The van der Waals surface area contributed by atoms with Crippen LogP contribution in [-0.4, -0.2) is 21.7 Å². The van der Waals surface area contributed by atoms with E-state index in [1.807, 2.05) is 34.7 Å². The monoisotopic (exact) mass is 513 g/mol. The van der Waals surface area contributed by atoms with Gasteiger partial charge in [-0.15, -0.1) is 10.2 Å². The Morgan fingerprint density at radius 3 is 2.57 bits per heavy atom. The first-order chi connectivity index (χ1) is 17.7. The van der Waals surface area contributed by atoms with Crippen LogP contribution in [0.15, 0.2) is 47.3 Å². The molecule has 2 aliphatic carbocycles. The first-order valence-electron chi connectivity index (χ1n) is 13.4. The van der Waals surface area contributed by atoms with Crippen molar-refractivity contribution in [3.05, 3.63) is 85.4 Å². The van der Waals surface area contributed by atoms with Crippen molar-refractivity contribution in [1.82, 2.24) is 14.6 Å². The Balaban J connectivity index is 1.43. The summed E-state index contributed by atoms with van der Waals surface area (Å²) in [6.45, 7) is 9.33. The quantitative estimate of drug-likeness (QED) is 0.346. The van der Waals surface area contributed by atoms with Gasteiger partial charge < -0.3 is 4.74 Å². The summed E-state index contributed by atoms with van der Waals surface area (Å²) >= 11 is 1.42. The molecule has 0 saturated heterocycles. The van der Waals surface area contributed by atoms with Gasteiger partial charge in [-0.25, -0.2) is 4.40 Å². The second-order valence-corrected chi connectivity index (χ2v) is 12.7. The number of ether oxygens (including phenoxy) is 1. The van der Waals surface area contributed by atoms with Crippen molar-refractivity contribution < 1.29 is 4.74 Å². The second kappa shape index (κ2) is 8.80. The molecular weight excluding hydrogens is 478 g/mol. The van der Waals surface area contributed by atoms with Crippen molar-refractivity contribution in [3.8, 4) is 5.75 Å². The smallest absolute Gasteiger partial charge is 0.275 e. The molecule has 2 heterocycles. The van der Waals surface area contributed by atoms with Crippen molar-refractivity contribution in [2.75, 3.05) is 7.11 Å². The van der Waals surface area contributed by atoms with Crippen molar-refractivity contribution in [2.24, 2.45) is 5.92 Å². The molecule has 0 N–H and O–H groups in total. The minimum atomic E-state index is -0.210. The van der Waals surface area contributed by atoms with E-state index in [1.165, 1.54) is 34.4 Å². The van der Waals surface area contributed by atoms with Gasteiger partial charge in [0.25, 0.3) is 5.56 Å². The van der Waals surface area contributed by atoms with Crippen LogP contribution in [0.3, 0.4) is 0 Å². The summed E-state index contributed by atoms with van der Waals surface area (Å²) in [7, 11) is 1.65. The molecule has 2 aromatic carbocycles. The molecule has 0 unspecified atom stereocenters. The molecule has 1 fully saturated rings. The lowest BCUT2D eigenvalue weighted by Crippen LogP contribution is -2.52. The van der Waals surface area contributed by atoms with Gasteiger partial charge in [0.2, 0.25) is 4.96 Å². The average molecular weight is 514 g/mol. The Bertz CT molecular complexity index is 1590. The van der Waals surface area contributed by atoms with Gasteiger partial charge in [0.15, 0.2) is 0 Å². The molecule has 2 aromatic heterocycles. The van der Waals surface area contributed by atoms with Gasteiger partial charge in [-0.3, -0.25) is 4.79 Å². The van der Waals surface area contributed by atoms with Gasteiger partial charge in [0.1, 0.15) is 11.6 Å². The van der Waals surface area contributed by atoms with E-state index in [2.05, 4.69) is 51.0 Å². The highest BCUT2D eigenvalue weighted by atomic mass is 32.1. The number of nitrogens with zero attached hydrogens (tertiary/aromatic N) is 3. The summed E-state index contributed by atoms with van der Waals surface area (Å²) in [6, 6.07) is 14.9. The standard InChI is InChI=1S/C31H35N3O2S/c1-19(2)21-9-13-24-22(18-21)10-14-26-30(24,3)15-6-16-31(26,4)28-32-33-29-34(28)27(35)25(37-29)17-20-7-11-23(36-5)12-8-20/h7-9,11-13,17-19,26H,6,10,14-16H2,1-5H3/b25-17-/t26-,30-,31-/m1/s1. The number of benzene rings is 2.